The van der Waals surface area contributed by atoms with Crippen molar-refractivity contribution in [1.82, 2.24) is 15.5 Å². The number of guanidine groups is 1. The molecule has 1 saturated heterocycles. The number of benzene rings is 1. The van der Waals surface area contributed by atoms with Gasteiger partial charge in [0, 0.05) is 51.9 Å². The van der Waals surface area contributed by atoms with Crippen LogP contribution in [-0.4, -0.2) is 63.9 Å². The van der Waals surface area contributed by atoms with Crippen molar-refractivity contribution in [2.45, 2.75) is 38.3 Å². The predicted octanol–water partition coefficient (Wildman–Crippen LogP) is 2.87. The summed E-state index contributed by atoms with van der Waals surface area (Å²) in [6.07, 6.45) is 4.87. The zero-order chi connectivity index (χ0) is 18.9. The Labute approximate surface area is 186 Å². The third-order valence-corrected chi connectivity index (χ3v) is 5.35. The van der Waals surface area contributed by atoms with Gasteiger partial charge in [0.15, 0.2) is 5.96 Å². The van der Waals surface area contributed by atoms with Crippen LogP contribution in [0.5, 0.6) is 5.75 Å². The molecule has 2 aliphatic rings. The molecule has 1 aliphatic carbocycles. The second-order valence-corrected chi connectivity index (χ2v) is 7.54. The molecular weight excluding hydrogens is 467 g/mol. The van der Waals surface area contributed by atoms with Crippen LogP contribution in [0.4, 0.5) is 0 Å². The van der Waals surface area contributed by atoms with Crippen molar-refractivity contribution >= 4 is 29.9 Å². The van der Waals surface area contributed by atoms with Crippen molar-refractivity contribution in [1.29, 1.82) is 0 Å². The standard InChI is InChI=1S/C21H34N4O2.HI/c1-22-21(24-19-9-11-25(12-10-19)13-14-26-2)23-15-18-5-3-4-6-20(18)27-16-17-7-8-17;/h3-6,17,19H,7-16H2,1-2H3,(H2,22,23,24);1H. The molecule has 2 fully saturated rings. The van der Waals surface area contributed by atoms with Crippen LogP contribution >= 0.6 is 24.0 Å². The number of nitrogens with zero attached hydrogens (tertiary/aromatic N) is 2. The van der Waals surface area contributed by atoms with E-state index in [0.29, 0.717) is 12.6 Å². The number of ether oxygens (including phenoxy) is 2. The number of nitrogens with one attached hydrogen (secondary N) is 2. The summed E-state index contributed by atoms with van der Waals surface area (Å²) >= 11 is 0. The van der Waals surface area contributed by atoms with Crippen LogP contribution in [0, 0.1) is 5.92 Å². The Kier molecular flexibility index (Phi) is 10.4. The first kappa shape index (κ1) is 23.2. The molecule has 0 radical (unpaired) electrons. The number of halogens is 1. The molecule has 7 heteroatoms. The van der Waals surface area contributed by atoms with Gasteiger partial charge in [-0.2, -0.15) is 0 Å². The van der Waals surface area contributed by atoms with Crippen molar-refractivity contribution in [3.05, 3.63) is 29.8 Å². The molecule has 0 aromatic heterocycles. The molecule has 1 saturated carbocycles. The van der Waals surface area contributed by atoms with Gasteiger partial charge in [-0.15, -0.1) is 24.0 Å². The van der Waals surface area contributed by atoms with Crippen LogP contribution in [0.25, 0.3) is 0 Å². The lowest BCUT2D eigenvalue weighted by molar-refractivity contribution is 0.128. The van der Waals surface area contributed by atoms with Crippen LogP contribution in [0.2, 0.25) is 0 Å². The first-order chi connectivity index (χ1) is 13.3. The second kappa shape index (κ2) is 12.5. The maximum Gasteiger partial charge on any atom is 0.191 e. The first-order valence-corrected chi connectivity index (χ1v) is 10.2. The molecule has 6 nitrogen and oxygen atoms in total. The van der Waals surface area contributed by atoms with E-state index in [1.807, 2.05) is 13.1 Å². The van der Waals surface area contributed by atoms with Gasteiger partial charge in [0.05, 0.1) is 13.2 Å². The van der Waals surface area contributed by atoms with E-state index < -0.39 is 0 Å². The summed E-state index contributed by atoms with van der Waals surface area (Å²) in [5.74, 6) is 2.61. The first-order valence-electron chi connectivity index (χ1n) is 10.2. The van der Waals surface area contributed by atoms with Gasteiger partial charge >= 0.3 is 0 Å². The molecule has 0 unspecified atom stereocenters. The van der Waals surface area contributed by atoms with E-state index in [1.54, 1.807) is 7.11 Å². The van der Waals surface area contributed by atoms with Crippen LogP contribution in [0.15, 0.2) is 29.3 Å². The van der Waals surface area contributed by atoms with Crippen molar-refractivity contribution in [2.24, 2.45) is 10.9 Å². The number of likely N-dealkylation sites (tertiary alicyclic amines) is 1. The molecule has 0 bridgehead atoms. The molecule has 1 aromatic rings. The number of para-hydroxylation sites is 1. The van der Waals surface area contributed by atoms with E-state index in [0.717, 1.165) is 63.3 Å². The Bertz CT molecular complexity index is 602. The summed E-state index contributed by atoms with van der Waals surface area (Å²) in [6.45, 7) is 5.60. The SMILES string of the molecule is CN=C(NCc1ccccc1OCC1CC1)NC1CCN(CCOC)CC1.I. The largest absolute Gasteiger partial charge is 0.493 e. The van der Waals surface area contributed by atoms with Crippen molar-refractivity contribution < 1.29 is 9.47 Å². The number of aliphatic imine (C=N–C) groups is 1. The maximum atomic E-state index is 6.00. The monoisotopic (exact) mass is 502 g/mol. The zero-order valence-electron chi connectivity index (χ0n) is 17.2. The number of hydrogen-bond donors (Lipinski definition) is 2. The molecule has 3 rings (SSSR count). The van der Waals surface area contributed by atoms with Gasteiger partial charge in [-0.25, -0.2) is 0 Å². The van der Waals surface area contributed by atoms with Crippen molar-refractivity contribution in [2.75, 3.05) is 47.0 Å². The third kappa shape index (κ3) is 7.75. The molecule has 0 amide bonds. The van der Waals surface area contributed by atoms with Gasteiger partial charge in [0.25, 0.3) is 0 Å². The van der Waals surface area contributed by atoms with Crippen molar-refractivity contribution in [3.63, 3.8) is 0 Å². The van der Waals surface area contributed by atoms with E-state index in [-0.39, 0.29) is 24.0 Å². The predicted molar refractivity (Wildman–Crippen MR) is 125 cm³/mol. The highest BCUT2D eigenvalue weighted by atomic mass is 127. The minimum absolute atomic E-state index is 0. The second-order valence-electron chi connectivity index (χ2n) is 7.54. The fourth-order valence-electron chi connectivity index (χ4n) is 3.37. The number of methoxy groups -OCH3 is 1. The van der Waals surface area contributed by atoms with Gasteiger partial charge in [-0.05, 0) is 37.7 Å². The maximum absolute atomic E-state index is 6.00. The Hall–Kier alpha value is -1.06. The number of piperidine rings is 1. The van der Waals surface area contributed by atoms with Gasteiger partial charge in [0.1, 0.15) is 5.75 Å². The van der Waals surface area contributed by atoms with Gasteiger partial charge in [-0.1, -0.05) is 18.2 Å². The summed E-state index contributed by atoms with van der Waals surface area (Å²) in [5, 5.41) is 7.02. The highest BCUT2D eigenvalue weighted by molar-refractivity contribution is 14.0. The molecule has 0 atom stereocenters. The molecule has 1 aromatic carbocycles. The van der Waals surface area contributed by atoms with E-state index >= 15 is 0 Å². The lowest BCUT2D eigenvalue weighted by Gasteiger charge is -2.32. The van der Waals surface area contributed by atoms with E-state index in [2.05, 4.69) is 38.7 Å². The molecule has 158 valence electrons. The van der Waals surface area contributed by atoms with Gasteiger partial charge in [-0.3, -0.25) is 4.99 Å². The fourth-order valence-corrected chi connectivity index (χ4v) is 3.37. The van der Waals surface area contributed by atoms with Gasteiger partial charge < -0.3 is 25.0 Å². The molecule has 0 spiro atoms. The van der Waals surface area contributed by atoms with Crippen molar-refractivity contribution in [3.8, 4) is 5.75 Å². The summed E-state index contributed by atoms with van der Waals surface area (Å²) in [5.41, 5.74) is 1.18. The topological polar surface area (TPSA) is 58.1 Å². The number of hydrogen-bond acceptors (Lipinski definition) is 4. The zero-order valence-corrected chi connectivity index (χ0v) is 19.5. The summed E-state index contributed by atoms with van der Waals surface area (Å²) < 4.78 is 11.2. The minimum Gasteiger partial charge on any atom is -0.493 e. The quantitative estimate of drug-likeness (QED) is 0.309. The number of rotatable bonds is 9. The summed E-state index contributed by atoms with van der Waals surface area (Å²) in [6, 6.07) is 8.75. The van der Waals surface area contributed by atoms with E-state index in [4.69, 9.17) is 9.47 Å². The molecule has 2 N–H and O–H groups in total. The Morgan fingerprint density at radius 2 is 1.93 bits per heavy atom. The smallest absolute Gasteiger partial charge is 0.191 e. The summed E-state index contributed by atoms with van der Waals surface area (Å²) in [4.78, 5) is 6.86. The fraction of sp³-hybridized carbons (Fsp3) is 0.667. The summed E-state index contributed by atoms with van der Waals surface area (Å²) in [7, 11) is 3.59. The lowest BCUT2D eigenvalue weighted by atomic mass is 10.1. The minimum atomic E-state index is 0. The van der Waals surface area contributed by atoms with Crippen LogP contribution < -0.4 is 15.4 Å². The molecule has 28 heavy (non-hydrogen) atoms. The highest BCUT2D eigenvalue weighted by Crippen LogP contribution is 2.30. The Morgan fingerprint density at radius 1 is 1.18 bits per heavy atom. The average Bonchev–Trinajstić information content (AvgIpc) is 3.54. The molecular formula is C21H35IN4O2. The third-order valence-electron chi connectivity index (χ3n) is 5.35. The van der Waals surface area contributed by atoms with E-state index in [9.17, 15) is 0 Å². The van der Waals surface area contributed by atoms with E-state index in [1.165, 1.54) is 18.4 Å². The van der Waals surface area contributed by atoms with Crippen LogP contribution in [-0.2, 0) is 11.3 Å². The van der Waals surface area contributed by atoms with Gasteiger partial charge in [0.2, 0.25) is 0 Å². The Balaban J connectivity index is 0.00000280. The highest BCUT2D eigenvalue weighted by Gasteiger charge is 2.22. The average molecular weight is 502 g/mol. The molecule has 1 aliphatic heterocycles. The van der Waals surface area contributed by atoms with Crippen LogP contribution in [0.1, 0.15) is 31.2 Å². The molecule has 1 heterocycles. The lowest BCUT2D eigenvalue weighted by Crippen LogP contribution is -2.48. The van der Waals surface area contributed by atoms with Crippen LogP contribution in [0.3, 0.4) is 0 Å². The normalized spacial score (nSPS) is 18.4. The Morgan fingerprint density at radius 3 is 2.61 bits per heavy atom.